The van der Waals surface area contributed by atoms with Crippen LogP contribution in [0.5, 0.6) is 0 Å². The summed E-state index contributed by atoms with van der Waals surface area (Å²) in [6.45, 7) is 0.657. The van der Waals surface area contributed by atoms with Crippen molar-refractivity contribution in [2.75, 3.05) is 13.1 Å². The van der Waals surface area contributed by atoms with Gasteiger partial charge in [-0.2, -0.15) is 13.2 Å². The van der Waals surface area contributed by atoms with Gasteiger partial charge in [-0.15, -0.1) is 0 Å². The van der Waals surface area contributed by atoms with E-state index in [0.29, 0.717) is 0 Å². The Hall–Kier alpha value is -0.780. The van der Waals surface area contributed by atoms with Crippen LogP contribution in [0.25, 0.3) is 0 Å². The van der Waals surface area contributed by atoms with Gasteiger partial charge < -0.3 is 10.6 Å². The molecule has 0 aliphatic heterocycles. The van der Waals surface area contributed by atoms with E-state index in [4.69, 9.17) is 0 Å². The number of nitrogens with one attached hydrogen (secondary N) is 2. The standard InChI is InChI=1S/C9H15F3N2O/c1-8(3-2-4-8)14-5-7(15)13-6-9(10,11)12/h14H,2-6H2,1H3,(H,13,15). The molecular weight excluding hydrogens is 209 g/mol. The molecular formula is C9H15F3N2O. The molecule has 0 atom stereocenters. The topological polar surface area (TPSA) is 41.1 Å². The molecule has 0 aromatic carbocycles. The summed E-state index contributed by atoms with van der Waals surface area (Å²) in [7, 11) is 0. The molecule has 2 N–H and O–H groups in total. The van der Waals surface area contributed by atoms with Crippen molar-refractivity contribution in [3.8, 4) is 0 Å². The van der Waals surface area contributed by atoms with E-state index in [9.17, 15) is 18.0 Å². The van der Waals surface area contributed by atoms with Gasteiger partial charge in [0, 0.05) is 5.54 Å². The molecule has 0 aromatic heterocycles. The van der Waals surface area contributed by atoms with Crippen LogP contribution in [0.2, 0.25) is 0 Å². The average Bonchev–Trinajstić information content (AvgIpc) is 2.07. The van der Waals surface area contributed by atoms with Crippen LogP contribution >= 0.6 is 0 Å². The molecule has 1 aliphatic carbocycles. The number of halogens is 3. The van der Waals surface area contributed by atoms with Crippen molar-refractivity contribution in [2.24, 2.45) is 0 Å². The third-order valence-corrected chi connectivity index (χ3v) is 2.62. The second-order valence-electron chi connectivity index (χ2n) is 4.16. The maximum Gasteiger partial charge on any atom is 0.405 e. The Morgan fingerprint density at radius 1 is 1.40 bits per heavy atom. The molecule has 3 nitrogen and oxygen atoms in total. The normalized spacial score (nSPS) is 19.5. The summed E-state index contributed by atoms with van der Waals surface area (Å²) in [6.07, 6.45) is -1.29. The second-order valence-corrected chi connectivity index (χ2v) is 4.16. The van der Waals surface area contributed by atoms with E-state index >= 15 is 0 Å². The number of amides is 1. The molecule has 0 unspecified atom stereocenters. The van der Waals surface area contributed by atoms with Gasteiger partial charge in [0.2, 0.25) is 5.91 Å². The molecule has 1 fully saturated rings. The van der Waals surface area contributed by atoms with Crippen LogP contribution in [0.15, 0.2) is 0 Å². The van der Waals surface area contributed by atoms with Crippen molar-refractivity contribution in [3.63, 3.8) is 0 Å². The number of hydrogen-bond donors (Lipinski definition) is 2. The summed E-state index contributed by atoms with van der Waals surface area (Å²) in [5.74, 6) is -0.611. The minimum Gasteiger partial charge on any atom is -0.346 e. The molecule has 88 valence electrons. The first-order valence-electron chi connectivity index (χ1n) is 4.89. The van der Waals surface area contributed by atoms with E-state index in [2.05, 4.69) is 5.32 Å². The van der Waals surface area contributed by atoms with Crippen molar-refractivity contribution >= 4 is 5.91 Å². The summed E-state index contributed by atoms with van der Waals surface area (Å²) in [5.41, 5.74) is -0.0599. The van der Waals surface area contributed by atoms with Crippen LogP contribution in [0.4, 0.5) is 13.2 Å². The molecule has 0 heterocycles. The summed E-state index contributed by atoms with van der Waals surface area (Å²) in [5, 5.41) is 4.77. The molecule has 0 aromatic rings. The number of hydrogen-bond acceptors (Lipinski definition) is 2. The van der Waals surface area contributed by atoms with Gasteiger partial charge >= 0.3 is 6.18 Å². The van der Waals surface area contributed by atoms with Gasteiger partial charge in [0.25, 0.3) is 0 Å². The first-order valence-corrected chi connectivity index (χ1v) is 4.89. The lowest BCUT2D eigenvalue weighted by molar-refractivity contribution is -0.138. The van der Waals surface area contributed by atoms with Gasteiger partial charge in [-0.3, -0.25) is 4.79 Å². The average molecular weight is 224 g/mol. The van der Waals surface area contributed by atoms with Crippen LogP contribution in [0.3, 0.4) is 0 Å². The summed E-state index contributed by atoms with van der Waals surface area (Å²) in [4.78, 5) is 11.0. The van der Waals surface area contributed by atoms with Crippen molar-refractivity contribution < 1.29 is 18.0 Å². The summed E-state index contributed by atoms with van der Waals surface area (Å²) >= 11 is 0. The number of carbonyl (C=O) groups is 1. The lowest BCUT2D eigenvalue weighted by Gasteiger charge is -2.39. The minimum atomic E-state index is -4.34. The zero-order valence-corrected chi connectivity index (χ0v) is 8.58. The van der Waals surface area contributed by atoms with Crippen LogP contribution < -0.4 is 10.6 Å². The largest absolute Gasteiger partial charge is 0.405 e. The Morgan fingerprint density at radius 3 is 2.40 bits per heavy atom. The highest BCUT2D eigenvalue weighted by Gasteiger charge is 2.32. The highest BCUT2D eigenvalue weighted by molar-refractivity contribution is 5.78. The van der Waals surface area contributed by atoms with Gasteiger partial charge in [0.1, 0.15) is 6.54 Å². The third kappa shape index (κ3) is 4.51. The molecule has 15 heavy (non-hydrogen) atoms. The quantitative estimate of drug-likeness (QED) is 0.753. The molecule has 1 amide bonds. The zero-order chi connectivity index (χ0) is 11.5. The van der Waals surface area contributed by atoms with Gasteiger partial charge in [-0.05, 0) is 26.2 Å². The number of carbonyl (C=O) groups excluding carboxylic acids is 1. The Morgan fingerprint density at radius 2 is 2.00 bits per heavy atom. The summed E-state index contributed by atoms with van der Waals surface area (Å²) in [6, 6.07) is 0. The minimum absolute atomic E-state index is 0.0490. The zero-order valence-electron chi connectivity index (χ0n) is 8.58. The molecule has 0 bridgehead atoms. The van der Waals surface area contributed by atoms with Crippen molar-refractivity contribution in [2.45, 2.75) is 37.9 Å². The van der Waals surface area contributed by atoms with E-state index in [0.717, 1.165) is 19.3 Å². The van der Waals surface area contributed by atoms with Gasteiger partial charge in [-0.1, -0.05) is 0 Å². The molecule has 6 heteroatoms. The van der Waals surface area contributed by atoms with Crippen LogP contribution in [0.1, 0.15) is 26.2 Å². The summed E-state index contributed by atoms with van der Waals surface area (Å²) < 4.78 is 35.2. The number of rotatable bonds is 4. The molecule has 0 saturated heterocycles. The molecule has 1 rings (SSSR count). The van der Waals surface area contributed by atoms with Crippen LogP contribution in [-0.4, -0.2) is 30.7 Å². The first kappa shape index (κ1) is 12.3. The SMILES string of the molecule is CC1(NCC(=O)NCC(F)(F)F)CCC1. The highest BCUT2D eigenvalue weighted by atomic mass is 19.4. The fourth-order valence-electron chi connectivity index (χ4n) is 1.44. The number of alkyl halides is 3. The Kier molecular flexibility index (Phi) is 3.59. The fourth-order valence-corrected chi connectivity index (χ4v) is 1.44. The van der Waals surface area contributed by atoms with Crippen LogP contribution in [-0.2, 0) is 4.79 Å². The predicted octanol–water partition coefficient (Wildman–Crippen LogP) is 1.20. The van der Waals surface area contributed by atoms with E-state index in [1.54, 1.807) is 0 Å². The highest BCUT2D eigenvalue weighted by Crippen LogP contribution is 2.30. The molecule has 1 saturated carbocycles. The lowest BCUT2D eigenvalue weighted by atomic mass is 9.78. The fraction of sp³-hybridized carbons (Fsp3) is 0.889. The maximum atomic E-state index is 11.7. The van der Waals surface area contributed by atoms with E-state index < -0.39 is 18.6 Å². The van der Waals surface area contributed by atoms with Crippen LogP contribution in [0, 0.1) is 0 Å². The lowest BCUT2D eigenvalue weighted by Crippen LogP contribution is -2.52. The Bertz CT molecular complexity index is 236. The van der Waals surface area contributed by atoms with Crippen molar-refractivity contribution in [1.82, 2.24) is 10.6 Å². The Balaban J connectivity index is 2.14. The van der Waals surface area contributed by atoms with E-state index in [1.165, 1.54) is 0 Å². The molecule has 0 radical (unpaired) electrons. The van der Waals surface area contributed by atoms with Gasteiger partial charge in [-0.25, -0.2) is 0 Å². The predicted molar refractivity (Wildman–Crippen MR) is 49.3 cm³/mol. The van der Waals surface area contributed by atoms with E-state index in [-0.39, 0.29) is 12.1 Å². The second kappa shape index (κ2) is 4.38. The van der Waals surface area contributed by atoms with Gasteiger partial charge in [0.05, 0.1) is 6.54 Å². The third-order valence-electron chi connectivity index (χ3n) is 2.62. The molecule has 0 spiro atoms. The van der Waals surface area contributed by atoms with Gasteiger partial charge in [0.15, 0.2) is 0 Å². The maximum absolute atomic E-state index is 11.7. The van der Waals surface area contributed by atoms with Crippen molar-refractivity contribution in [3.05, 3.63) is 0 Å². The van der Waals surface area contributed by atoms with Crippen molar-refractivity contribution in [1.29, 1.82) is 0 Å². The first-order chi connectivity index (χ1) is 6.81. The smallest absolute Gasteiger partial charge is 0.346 e. The monoisotopic (exact) mass is 224 g/mol. The molecule has 1 aliphatic rings. The van der Waals surface area contributed by atoms with E-state index in [1.807, 2.05) is 12.2 Å². The Labute approximate surface area is 86.4 Å².